The summed E-state index contributed by atoms with van der Waals surface area (Å²) in [5, 5.41) is 8.30. The maximum atomic E-state index is 16.3. The average Bonchev–Trinajstić information content (AvgIpc) is 1.51. The maximum Gasteiger partial charge on any atom is 0.263 e. The molecule has 0 aromatic heterocycles. The van der Waals surface area contributed by atoms with Gasteiger partial charge in [-0.15, -0.1) is 0 Å². The standard InChI is InChI=1S/C72H70N8O6S2/c1-49-31-35-53(36-32-49)87(83,84)77(5)45-39-69(55-23-13-15-29-61(55)79(67(69)81)47-51-19-9-7-10-20-51)57-25-17-27-59-63(57)73-65-71(59,41-43-75(65)3)72-42-44-76(4)66(72)74-64-58(26-18-28-60(64)72)70(40-46-78(6)88(85,86)54-37-33-50(2)34-38-54)56-24-14-16-30-62(56)80(68(70)82)48-52-21-11-8-12-22-52/h7-40,45-46,65-66,73-74H,41-44,47-48H2,1-6H3/b45-39+,46-40+/t65-,66+,69-,70-,71+,72-/m1/s1. The van der Waals surface area contributed by atoms with Gasteiger partial charge in [0.15, 0.2) is 0 Å². The summed E-state index contributed by atoms with van der Waals surface area (Å²) in [6.07, 6.45) is 7.57. The molecule has 14 rings (SSSR count). The molecule has 0 saturated carbocycles. The summed E-state index contributed by atoms with van der Waals surface area (Å²) in [6, 6.07) is 61.8. The van der Waals surface area contributed by atoms with Gasteiger partial charge in [0, 0.05) is 73.2 Å². The van der Waals surface area contributed by atoms with Crippen molar-refractivity contribution in [3.63, 3.8) is 0 Å². The van der Waals surface area contributed by atoms with E-state index < -0.39 is 41.7 Å². The van der Waals surface area contributed by atoms with Crippen LogP contribution in [0.4, 0.5) is 22.7 Å². The molecule has 14 nitrogen and oxygen atoms in total. The number of likely N-dealkylation sites (tertiary alicyclic amines) is 2. The van der Waals surface area contributed by atoms with Crippen LogP contribution in [0.25, 0.3) is 0 Å². The zero-order valence-corrected chi connectivity index (χ0v) is 51.8. The predicted octanol–water partition coefficient (Wildman–Crippen LogP) is 11.0. The fourth-order valence-corrected chi connectivity index (χ4v) is 17.8. The minimum Gasteiger partial charge on any atom is -0.368 e. The Morgan fingerprint density at radius 1 is 0.455 bits per heavy atom. The fourth-order valence-electron chi connectivity index (χ4n) is 15.7. The summed E-state index contributed by atoms with van der Waals surface area (Å²) in [6.45, 7) is 5.91. The number of nitrogens with zero attached hydrogens (tertiary/aromatic N) is 6. The average molecular weight is 1210 g/mol. The number of amides is 2. The van der Waals surface area contributed by atoms with Gasteiger partial charge in [0.05, 0.1) is 35.2 Å². The van der Waals surface area contributed by atoms with Crippen LogP contribution in [-0.4, -0.2) is 101 Å². The number of hydrogen-bond acceptors (Lipinski definition) is 10. The van der Waals surface area contributed by atoms with Crippen molar-refractivity contribution in [2.75, 3.05) is 61.7 Å². The SMILES string of the molecule is Cc1ccc(S(=O)(=O)N(C)/C=C/[C@@]2(c3cccc4c3N[C@@H]3N(C)CC[C@]43[C@@]34CCN(C)[C@@H]3Nc3c([C@]5(/C=C/N(C)S(=O)(=O)c6ccc(C)cc6)C(=O)N(Cc6ccccc6)c6ccccc65)cccc34)C(=O)N(Cc3ccccc3)c3ccccc32)cc1. The first-order chi connectivity index (χ1) is 42.4. The Labute approximate surface area is 516 Å². The quantitative estimate of drug-likeness (QED) is 0.102. The largest absolute Gasteiger partial charge is 0.368 e. The van der Waals surface area contributed by atoms with Crippen molar-refractivity contribution >= 4 is 54.6 Å². The van der Waals surface area contributed by atoms with Gasteiger partial charge in [-0.1, -0.05) is 169 Å². The van der Waals surface area contributed by atoms with Gasteiger partial charge in [0.2, 0.25) is 11.8 Å². The first-order valence-corrected chi connectivity index (χ1v) is 32.9. The first kappa shape index (κ1) is 57.0. The number of carbonyl (C=O) groups is 2. The van der Waals surface area contributed by atoms with Gasteiger partial charge in [-0.05, 0) is 134 Å². The number of nitrogens with one attached hydrogen (secondary N) is 2. The topological polar surface area (TPSA) is 146 Å². The lowest BCUT2D eigenvalue weighted by molar-refractivity contribution is -0.121. The number of para-hydroxylation sites is 4. The molecule has 8 aromatic carbocycles. The van der Waals surface area contributed by atoms with Crippen LogP contribution >= 0.6 is 0 Å². The number of aryl methyl sites for hydroxylation is 2. The van der Waals surface area contributed by atoms with Crippen molar-refractivity contribution in [2.45, 2.75) is 83.6 Å². The van der Waals surface area contributed by atoms with Crippen molar-refractivity contribution in [3.8, 4) is 0 Å². The molecular formula is C72H70N8O6S2. The van der Waals surface area contributed by atoms with Crippen molar-refractivity contribution in [3.05, 3.63) is 274 Å². The van der Waals surface area contributed by atoms with Crippen LogP contribution in [-0.2, 0) is 64.4 Å². The summed E-state index contributed by atoms with van der Waals surface area (Å²) in [4.78, 5) is 41.4. The van der Waals surface area contributed by atoms with Crippen LogP contribution < -0.4 is 20.4 Å². The van der Waals surface area contributed by atoms with Crippen LogP contribution in [0.2, 0.25) is 0 Å². The smallest absolute Gasteiger partial charge is 0.263 e. The summed E-state index contributed by atoms with van der Waals surface area (Å²) < 4.78 is 60.3. The molecule has 6 atom stereocenters. The molecule has 0 aliphatic carbocycles. The summed E-state index contributed by atoms with van der Waals surface area (Å²) in [7, 11) is -0.762. The van der Waals surface area contributed by atoms with Gasteiger partial charge in [0.25, 0.3) is 20.0 Å². The summed E-state index contributed by atoms with van der Waals surface area (Å²) in [5.41, 5.74) is 7.43. The zero-order chi connectivity index (χ0) is 61.1. The molecule has 2 saturated heterocycles. The number of likely N-dealkylation sites (N-methyl/N-ethyl adjacent to an activating group) is 2. The number of sulfonamides is 2. The molecule has 0 radical (unpaired) electrons. The van der Waals surface area contributed by atoms with Crippen molar-refractivity contribution in [2.24, 2.45) is 0 Å². The summed E-state index contributed by atoms with van der Waals surface area (Å²) in [5.74, 6) is -0.422. The van der Waals surface area contributed by atoms with E-state index in [1.54, 1.807) is 73.1 Å². The zero-order valence-electron chi connectivity index (χ0n) is 50.1. The molecule has 0 bridgehead atoms. The molecule has 0 unspecified atom stereocenters. The van der Waals surface area contributed by atoms with Gasteiger partial charge >= 0.3 is 0 Å². The Hall–Kier alpha value is -8.80. The van der Waals surface area contributed by atoms with Crippen LogP contribution in [0, 0.1) is 13.8 Å². The molecule has 6 aliphatic heterocycles. The molecule has 6 aliphatic rings. The highest BCUT2D eigenvalue weighted by Crippen LogP contribution is 2.69. The van der Waals surface area contributed by atoms with Crippen LogP contribution in [0.1, 0.15) is 68.5 Å². The minimum atomic E-state index is -4.06. The van der Waals surface area contributed by atoms with Gasteiger partial charge in [-0.25, -0.2) is 16.8 Å². The fraction of sp³-hybridized carbons (Fsp3) is 0.250. The lowest BCUT2D eigenvalue weighted by Gasteiger charge is -2.48. The van der Waals surface area contributed by atoms with E-state index in [-0.39, 0.29) is 47.0 Å². The molecule has 446 valence electrons. The molecular weight excluding hydrogens is 1140 g/mol. The molecule has 0 spiro atoms. The van der Waals surface area contributed by atoms with Crippen LogP contribution in [0.3, 0.4) is 0 Å². The Morgan fingerprint density at radius 2 is 0.795 bits per heavy atom. The highest BCUT2D eigenvalue weighted by atomic mass is 32.2. The van der Waals surface area contributed by atoms with E-state index >= 15 is 9.59 Å². The predicted molar refractivity (Wildman–Crippen MR) is 346 cm³/mol. The Kier molecular flexibility index (Phi) is 13.6. The van der Waals surface area contributed by atoms with Gasteiger partial charge in [-0.3, -0.25) is 28.0 Å². The number of carbonyl (C=O) groups excluding carboxylic acids is 2. The van der Waals surface area contributed by atoms with Crippen molar-refractivity contribution in [1.29, 1.82) is 0 Å². The number of rotatable bonds is 15. The van der Waals surface area contributed by atoms with E-state index in [0.29, 0.717) is 11.1 Å². The number of fused-ring (bicyclic) bond motifs is 9. The van der Waals surface area contributed by atoms with E-state index in [9.17, 15) is 16.8 Å². The number of benzene rings is 8. The molecule has 6 heterocycles. The van der Waals surface area contributed by atoms with Crippen molar-refractivity contribution in [1.82, 2.24) is 18.4 Å². The van der Waals surface area contributed by atoms with Gasteiger partial charge in [0.1, 0.15) is 10.8 Å². The number of anilines is 4. The molecule has 2 fully saturated rings. The second-order valence-electron chi connectivity index (χ2n) is 24.7. The molecule has 2 N–H and O–H groups in total. The van der Waals surface area contributed by atoms with E-state index in [2.05, 4.69) is 58.8 Å². The second-order valence-corrected chi connectivity index (χ2v) is 28.7. The van der Waals surface area contributed by atoms with E-state index in [1.165, 1.54) is 22.7 Å². The second kappa shape index (κ2) is 20.9. The highest BCUT2D eigenvalue weighted by molar-refractivity contribution is 7.89. The Morgan fingerprint density at radius 3 is 1.18 bits per heavy atom. The maximum absolute atomic E-state index is 16.3. The van der Waals surface area contributed by atoms with Crippen molar-refractivity contribution < 1.29 is 26.4 Å². The van der Waals surface area contributed by atoms with E-state index in [4.69, 9.17) is 0 Å². The molecule has 8 aromatic rings. The van der Waals surface area contributed by atoms with E-state index in [0.717, 1.165) is 93.2 Å². The third kappa shape index (κ3) is 8.17. The lowest BCUT2D eigenvalue weighted by atomic mass is 9.54. The van der Waals surface area contributed by atoms with Gasteiger partial charge in [-0.2, -0.15) is 0 Å². The minimum absolute atomic E-state index is 0.138. The monoisotopic (exact) mass is 1210 g/mol. The number of hydrogen-bond donors (Lipinski definition) is 2. The molecule has 2 amide bonds. The van der Waals surface area contributed by atoms with Crippen LogP contribution in [0.15, 0.2) is 228 Å². The Balaban J connectivity index is 0.964. The lowest BCUT2D eigenvalue weighted by Crippen LogP contribution is -2.60. The normalized spacial score (nSPS) is 24.5. The van der Waals surface area contributed by atoms with E-state index in [1.807, 2.05) is 145 Å². The molecule has 16 heteroatoms. The first-order valence-electron chi connectivity index (χ1n) is 30.0. The third-order valence-corrected chi connectivity index (χ3v) is 23.6. The van der Waals surface area contributed by atoms with Crippen LogP contribution in [0.5, 0.6) is 0 Å². The molecule has 88 heavy (non-hydrogen) atoms. The highest BCUT2D eigenvalue weighted by Gasteiger charge is 2.72. The van der Waals surface area contributed by atoms with Gasteiger partial charge < -0.3 is 20.4 Å². The third-order valence-electron chi connectivity index (χ3n) is 20.1. The Bertz CT molecular complexity index is 4130. The summed E-state index contributed by atoms with van der Waals surface area (Å²) >= 11 is 0.